The van der Waals surface area contributed by atoms with Crippen LogP contribution in [-0.4, -0.2) is 33.1 Å². The Morgan fingerprint density at radius 3 is 2.55 bits per heavy atom. The van der Waals surface area contributed by atoms with E-state index in [4.69, 9.17) is 4.42 Å². The van der Waals surface area contributed by atoms with E-state index in [9.17, 15) is 20.1 Å². The van der Waals surface area contributed by atoms with Crippen LogP contribution < -0.4 is 5.63 Å². The van der Waals surface area contributed by atoms with Gasteiger partial charge in [-0.05, 0) is 86.2 Å². The zero-order valence-electron chi connectivity index (χ0n) is 17.5. The lowest BCUT2D eigenvalue weighted by Gasteiger charge is -2.64. The third-order valence-corrected chi connectivity index (χ3v) is 9.95. The van der Waals surface area contributed by atoms with Crippen molar-refractivity contribution in [2.75, 3.05) is 0 Å². The summed E-state index contributed by atoms with van der Waals surface area (Å²) in [5, 5.41) is 33.6. The molecule has 2 unspecified atom stereocenters. The Morgan fingerprint density at radius 2 is 1.83 bits per heavy atom. The molecule has 1 aromatic heterocycles. The van der Waals surface area contributed by atoms with Crippen LogP contribution in [0.4, 0.5) is 0 Å². The second kappa shape index (κ2) is 6.41. The van der Waals surface area contributed by atoms with E-state index in [0.717, 1.165) is 44.1 Å². The highest BCUT2D eigenvalue weighted by Gasteiger charge is 2.69. The first-order valence-corrected chi connectivity index (χ1v) is 11.4. The predicted octanol–water partition coefficient (Wildman–Crippen LogP) is 3.21. The van der Waals surface area contributed by atoms with Crippen LogP contribution >= 0.6 is 0 Å². The van der Waals surface area contributed by atoms with Gasteiger partial charge in [-0.3, -0.25) is 0 Å². The first-order chi connectivity index (χ1) is 13.7. The fourth-order valence-corrected chi connectivity index (χ4v) is 8.29. The molecule has 4 aliphatic carbocycles. The molecule has 0 radical (unpaired) electrons. The molecule has 1 heterocycles. The number of aliphatic hydroxyl groups is 3. The molecule has 0 saturated heterocycles. The zero-order chi connectivity index (χ0) is 20.6. The van der Waals surface area contributed by atoms with Gasteiger partial charge in [0.05, 0.1) is 24.1 Å². The van der Waals surface area contributed by atoms with E-state index in [1.54, 1.807) is 6.26 Å². The van der Waals surface area contributed by atoms with Gasteiger partial charge >= 0.3 is 5.63 Å². The monoisotopic (exact) mass is 402 g/mol. The van der Waals surface area contributed by atoms with E-state index >= 15 is 0 Å². The highest BCUT2D eigenvalue weighted by molar-refractivity contribution is 5.27. The van der Waals surface area contributed by atoms with Crippen LogP contribution in [0.5, 0.6) is 0 Å². The highest BCUT2D eigenvalue weighted by atomic mass is 16.4. The van der Waals surface area contributed by atoms with Crippen molar-refractivity contribution in [3.8, 4) is 0 Å². The Bertz CT molecular complexity index is 829. The van der Waals surface area contributed by atoms with Crippen LogP contribution in [0, 0.1) is 28.6 Å². The zero-order valence-corrected chi connectivity index (χ0v) is 17.5. The molecule has 0 bridgehead atoms. The van der Waals surface area contributed by atoms with Gasteiger partial charge in [0.25, 0.3) is 0 Å². The lowest BCUT2D eigenvalue weighted by molar-refractivity contribution is -0.238. The minimum atomic E-state index is -0.916. The van der Waals surface area contributed by atoms with Crippen LogP contribution in [0.25, 0.3) is 0 Å². The average molecular weight is 403 g/mol. The summed E-state index contributed by atoms with van der Waals surface area (Å²) >= 11 is 0. The molecular formula is C24H34O5. The third kappa shape index (κ3) is 2.60. The van der Waals surface area contributed by atoms with Gasteiger partial charge in [-0.25, -0.2) is 4.79 Å². The molecule has 0 aromatic carbocycles. The van der Waals surface area contributed by atoms with E-state index < -0.39 is 11.7 Å². The highest BCUT2D eigenvalue weighted by Crippen LogP contribution is 2.70. The van der Waals surface area contributed by atoms with Crippen LogP contribution in [0.2, 0.25) is 0 Å². The molecule has 9 atom stereocenters. The van der Waals surface area contributed by atoms with Crippen LogP contribution in [-0.2, 0) is 0 Å². The lowest BCUT2D eigenvalue weighted by Crippen LogP contribution is -2.66. The number of hydrogen-bond donors (Lipinski definition) is 3. The Labute approximate surface area is 172 Å². The van der Waals surface area contributed by atoms with E-state index in [1.807, 2.05) is 6.07 Å². The fourth-order valence-electron chi connectivity index (χ4n) is 8.29. The number of rotatable bonds is 1. The molecule has 4 aliphatic rings. The topological polar surface area (TPSA) is 90.9 Å². The standard InChI is InChI=1S/C24H34O5/c1-22-8-5-16(25)11-15(22)12-19(26)21-18(22)6-9-23(2)17(7-10-24(21,23)28)14-3-4-20(27)29-13-14/h3-4,13,15-19,21,25-26,28H,5-12H2,1-2H3/t15-,16+,17+,18-,19?,21?,22-,23+,24-/m0/s1. The van der Waals surface area contributed by atoms with E-state index in [2.05, 4.69) is 13.8 Å². The molecule has 29 heavy (non-hydrogen) atoms. The summed E-state index contributed by atoms with van der Waals surface area (Å²) in [5.74, 6) is 0.618. The minimum absolute atomic E-state index is 0.0812. The first-order valence-electron chi connectivity index (χ1n) is 11.4. The maximum atomic E-state index is 12.2. The van der Waals surface area contributed by atoms with Crippen molar-refractivity contribution in [1.29, 1.82) is 0 Å². The van der Waals surface area contributed by atoms with Gasteiger partial charge in [-0.1, -0.05) is 13.8 Å². The average Bonchev–Trinajstić information content (AvgIpc) is 2.95. The van der Waals surface area contributed by atoms with E-state index in [-0.39, 0.29) is 40.3 Å². The van der Waals surface area contributed by atoms with Gasteiger partial charge in [0, 0.05) is 17.4 Å². The fraction of sp³-hybridized carbons (Fsp3) is 0.792. The van der Waals surface area contributed by atoms with Crippen LogP contribution in [0.1, 0.15) is 76.7 Å². The molecule has 160 valence electrons. The molecule has 4 fully saturated rings. The first kappa shape index (κ1) is 19.8. The van der Waals surface area contributed by atoms with E-state index in [0.29, 0.717) is 18.8 Å². The van der Waals surface area contributed by atoms with Gasteiger partial charge in [0.1, 0.15) is 0 Å². The van der Waals surface area contributed by atoms with Gasteiger partial charge in [0.2, 0.25) is 0 Å². The maximum Gasteiger partial charge on any atom is 0.335 e. The quantitative estimate of drug-likeness (QED) is 0.671. The van der Waals surface area contributed by atoms with Crippen molar-refractivity contribution in [2.45, 2.75) is 88.9 Å². The molecule has 4 saturated carbocycles. The van der Waals surface area contributed by atoms with Crippen molar-refractivity contribution in [2.24, 2.45) is 28.6 Å². The molecule has 5 nitrogen and oxygen atoms in total. The molecular weight excluding hydrogens is 368 g/mol. The van der Waals surface area contributed by atoms with Gasteiger partial charge in [0.15, 0.2) is 0 Å². The Hall–Kier alpha value is -1.17. The molecule has 1 aromatic rings. The van der Waals surface area contributed by atoms with Gasteiger partial charge in [-0.15, -0.1) is 0 Å². The largest absolute Gasteiger partial charge is 0.431 e. The van der Waals surface area contributed by atoms with Crippen LogP contribution in [0.3, 0.4) is 0 Å². The Morgan fingerprint density at radius 1 is 1.03 bits per heavy atom. The van der Waals surface area contributed by atoms with Crippen molar-refractivity contribution < 1.29 is 19.7 Å². The smallest absolute Gasteiger partial charge is 0.335 e. The van der Waals surface area contributed by atoms with Crippen LogP contribution in [0.15, 0.2) is 27.6 Å². The summed E-state index contributed by atoms with van der Waals surface area (Å²) in [5.41, 5.74) is -0.543. The molecule has 5 heteroatoms. The Balaban J connectivity index is 1.52. The maximum absolute atomic E-state index is 12.2. The lowest BCUT2D eigenvalue weighted by atomic mass is 9.42. The number of fused-ring (bicyclic) bond motifs is 5. The summed E-state index contributed by atoms with van der Waals surface area (Å²) in [6.07, 6.45) is 7.47. The summed E-state index contributed by atoms with van der Waals surface area (Å²) in [6.45, 7) is 4.52. The van der Waals surface area contributed by atoms with Crippen molar-refractivity contribution in [3.63, 3.8) is 0 Å². The van der Waals surface area contributed by atoms with Crippen molar-refractivity contribution in [3.05, 3.63) is 34.4 Å². The predicted molar refractivity (Wildman–Crippen MR) is 108 cm³/mol. The normalized spacial score (nSPS) is 51.8. The summed E-state index contributed by atoms with van der Waals surface area (Å²) in [6, 6.07) is 3.31. The van der Waals surface area contributed by atoms with Gasteiger partial charge in [-0.2, -0.15) is 0 Å². The number of aliphatic hydroxyl groups excluding tert-OH is 2. The molecule has 0 amide bonds. The number of hydrogen-bond acceptors (Lipinski definition) is 5. The summed E-state index contributed by atoms with van der Waals surface area (Å²) < 4.78 is 5.14. The molecule has 5 rings (SSSR count). The summed E-state index contributed by atoms with van der Waals surface area (Å²) in [7, 11) is 0. The van der Waals surface area contributed by atoms with Gasteiger partial charge < -0.3 is 19.7 Å². The summed E-state index contributed by atoms with van der Waals surface area (Å²) in [4.78, 5) is 11.4. The SMILES string of the molecule is C[C@]12CC[C@@H](O)C[C@H]1CC(O)C1[C@@H]2CC[C@]2(C)[C@@H](c3ccc(=O)oc3)CC[C@]12O. The second-order valence-electron chi connectivity index (χ2n) is 10.9. The van der Waals surface area contributed by atoms with Crippen molar-refractivity contribution in [1.82, 2.24) is 0 Å². The molecule has 0 aliphatic heterocycles. The molecule has 0 spiro atoms. The van der Waals surface area contributed by atoms with E-state index in [1.165, 1.54) is 6.07 Å². The third-order valence-electron chi connectivity index (χ3n) is 9.95. The Kier molecular flexibility index (Phi) is 4.37. The van der Waals surface area contributed by atoms with Crippen molar-refractivity contribution >= 4 is 0 Å². The molecule has 3 N–H and O–H groups in total. The minimum Gasteiger partial charge on any atom is -0.431 e. The second-order valence-corrected chi connectivity index (χ2v) is 10.9.